The van der Waals surface area contributed by atoms with Crippen molar-refractivity contribution in [1.82, 2.24) is 10.6 Å². The number of aromatic hydroxyl groups is 1. The van der Waals surface area contributed by atoms with E-state index in [4.69, 9.17) is 9.47 Å². The van der Waals surface area contributed by atoms with Crippen LogP contribution in [-0.2, 0) is 11.3 Å². The lowest BCUT2D eigenvalue weighted by Crippen LogP contribution is -2.69. The van der Waals surface area contributed by atoms with Gasteiger partial charge in [-0.05, 0) is 31.5 Å². The largest absolute Gasteiger partial charge is 0.508 e. The van der Waals surface area contributed by atoms with Crippen LogP contribution < -0.4 is 15.4 Å². The molecular weight excluding hydrogens is 306 g/mol. The Bertz CT molecular complexity index is 616. The number of methoxy groups -OCH3 is 2. The summed E-state index contributed by atoms with van der Waals surface area (Å²) >= 11 is 0. The van der Waals surface area contributed by atoms with E-state index in [0.29, 0.717) is 18.3 Å². The van der Waals surface area contributed by atoms with Crippen molar-refractivity contribution < 1.29 is 14.6 Å². The number of phenols is 1. The van der Waals surface area contributed by atoms with Crippen LogP contribution in [0.15, 0.2) is 23.2 Å². The van der Waals surface area contributed by atoms with E-state index in [1.54, 1.807) is 33.4 Å². The molecule has 2 unspecified atom stereocenters. The van der Waals surface area contributed by atoms with E-state index in [2.05, 4.69) is 36.4 Å². The normalized spacial score (nSPS) is 25.8. The van der Waals surface area contributed by atoms with Crippen LogP contribution in [0.4, 0.5) is 0 Å². The molecule has 2 atom stereocenters. The Kier molecular flexibility index (Phi) is 5.28. The van der Waals surface area contributed by atoms with Crippen LogP contribution in [0, 0.1) is 5.41 Å². The van der Waals surface area contributed by atoms with Gasteiger partial charge in [0.05, 0.1) is 12.7 Å². The molecule has 134 valence electrons. The fraction of sp³-hybridized carbons (Fsp3) is 0.611. The minimum atomic E-state index is -0.130. The molecule has 1 aliphatic carbocycles. The highest BCUT2D eigenvalue weighted by Crippen LogP contribution is 2.51. The van der Waals surface area contributed by atoms with Crippen molar-refractivity contribution in [3.8, 4) is 11.5 Å². The summed E-state index contributed by atoms with van der Waals surface area (Å²) in [5.41, 5.74) is 0.624. The number of rotatable bonds is 5. The molecule has 6 heteroatoms. The lowest BCUT2D eigenvalue weighted by atomic mass is 9.56. The molecule has 6 nitrogen and oxygen atoms in total. The Morgan fingerprint density at radius 3 is 2.58 bits per heavy atom. The quantitative estimate of drug-likeness (QED) is 0.568. The van der Waals surface area contributed by atoms with Gasteiger partial charge in [0.25, 0.3) is 0 Å². The van der Waals surface area contributed by atoms with Crippen molar-refractivity contribution >= 4 is 5.96 Å². The Labute approximate surface area is 144 Å². The molecule has 0 saturated heterocycles. The van der Waals surface area contributed by atoms with Crippen LogP contribution >= 0.6 is 0 Å². The zero-order chi connectivity index (χ0) is 18.0. The second kappa shape index (κ2) is 6.89. The molecule has 24 heavy (non-hydrogen) atoms. The smallest absolute Gasteiger partial charge is 0.191 e. The lowest BCUT2D eigenvalue weighted by molar-refractivity contribution is -0.176. The molecule has 0 aliphatic heterocycles. The number of nitrogens with one attached hydrogen (secondary N) is 2. The second-order valence-electron chi connectivity index (χ2n) is 6.98. The molecule has 1 fully saturated rings. The highest BCUT2D eigenvalue weighted by atomic mass is 16.5. The fourth-order valence-corrected chi connectivity index (χ4v) is 3.09. The first-order valence-electron chi connectivity index (χ1n) is 8.15. The average Bonchev–Trinajstić information content (AvgIpc) is 2.58. The molecule has 2 rings (SSSR count). The van der Waals surface area contributed by atoms with E-state index < -0.39 is 0 Å². The van der Waals surface area contributed by atoms with Gasteiger partial charge in [0.2, 0.25) is 0 Å². The summed E-state index contributed by atoms with van der Waals surface area (Å²) in [7, 11) is 5.11. The molecule has 3 N–H and O–H groups in total. The highest BCUT2D eigenvalue weighted by molar-refractivity contribution is 5.80. The number of nitrogens with zero attached hydrogens (tertiary/aromatic N) is 1. The van der Waals surface area contributed by atoms with Gasteiger partial charge in [-0.3, -0.25) is 4.99 Å². The van der Waals surface area contributed by atoms with Crippen molar-refractivity contribution in [2.45, 2.75) is 45.4 Å². The monoisotopic (exact) mass is 335 g/mol. The van der Waals surface area contributed by atoms with Crippen LogP contribution in [0.3, 0.4) is 0 Å². The predicted molar refractivity (Wildman–Crippen MR) is 95.6 cm³/mol. The molecule has 0 aromatic heterocycles. The third-order valence-corrected chi connectivity index (χ3v) is 5.55. The number of guanidine groups is 1. The third-order valence-electron chi connectivity index (χ3n) is 5.55. The second-order valence-corrected chi connectivity index (χ2v) is 6.98. The van der Waals surface area contributed by atoms with Gasteiger partial charge in [-0.2, -0.15) is 0 Å². The molecule has 1 aliphatic rings. The third kappa shape index (κ3) is 3.29. The number of benzene rings is 1. The van der Waals surface area contributed by atoms with E-state index in [1.807, 2.05) is 6.07 Å². The van der Waals surface area contributed by atoms with Crippen molar-refractivity contribution in [3.05, 3.63) is 23.8 Å². The first kappa shape index (κ1) is 18.4. The standard InChI is InChI=1S/C18H29N3O3/c1-17(2)15(10-18(17,3)24-6)21-16(19-4)20-11-12-9-13(23-5)7-8-14(12)22/h7-9,15,22H,10-11H2,1-6H3,(H2,19,20,21). The molecule has 0 radical (unpaired) electrons. The van der Waals surface area contributed by atoms with Crippen molar-refractivity contribution in [2.75, 3.05) is 21.3 Å². The van der Waals surface area contributed by atoms with Crippen LogP contribution in [0.2, 0.25) is 0 Å². The van der Waals surface area contributed by atoms with Gasteiger partial charge in [0.1, 0.15) is 11.5 Å². The summed E-state index contributed by atoms with van der Waals surface area (Å²) in [6.45, 7) is 6.98. The number of ether oxygens (including phenoxy) is 2. The first-order chi connectivity index (χ1) is 11.3. The number of hydrogen-bond donors (Lipinski definition) is 3. The molecule has 1 aromatic carbocycles. The Balaban J connectivity index is 1.97. The summed E-state index contributed by atoms with van der Waals surface area (Å²) in [4.78, 5) is 4.28. The topological polar surface area (TPSA) is 75.1 Å². The Hall–Kier alpha value is -1.95. The zero-order valence-corrected chi connectivity index (χ0v) is 15.4. The molecule has 1 aromatic rings. The summed E-state index contributed by atoms with van der Waals surface area (Å²) in [6, 6.07) is 5.44. The van der Waals surface area contributed by atoms with Gasteiger partial charge in [0.15, 0.2) is 5.96 Å². The molecule has 0 spiro atoms. The van der Waals surface area contributed by atoms with E-state index in [9.17, 15) is 5.11 Å². The van der Waals surface area contributed by atoms with Gasteiger partial charge in [-0.1, -0.05) is 13.8 Å². The highest BCUT2D eigenvalue weighted by Gasteiger charge is 2.58. The van der Waals surface area contributed by atoms with Gasteiger partial charge in [-0.15, -0.1) is 0 Å². The maximum atomic E-state index is 9.97. The number of hydrogen-bond acceptors (Lipinski definition) is 4. The number of phenolic OH excluding ortho intramolecular Hbond substituents is 1. The van der Waals surface area contributed by atoms with E-state index in [-0.39, 0.29) is 22.8 Å². The summed E-state index contributed by atoms with van der Waals surface area (Å²) in [6.07, 6.45) is 0.918. The van der Waals surface area contributed by atoms with E-state index in [1.165, 1.54) is 0 Å². The molecular formula is C18H29N3O3. The van der Waals surface area contributed by atoms with Crippen molar-refractivity contribution in [2.24, 2.45) is 10.4 Å². The van der Waals surface area contributed by atoms with E-state index >= 15 is 0 Å². The molecule has 1 saturated carbocycles. The van der Waals surface area contributed by atoms with Crippen molar-refractivity contribution in [3.63, 3.8) is 0 Å². The Morgan fingerprint density at radius 1 is 1.33 bits per heavy atom. The van der Waals surface area contributed by atoms with Gasteiger partial charge in [0, 0.05) is 37.7 Å². The van der Waals surface area contributed by atoms with Crippen molar-refractivity contribution in [1.29, 1.82) is 0 Å². The lowest BCUT2D eigenvalue weighted by Gasteiger charge is -2.59. The molecule has 0 amide bonds. The van der Waals surface area contributed by atoms with Crippen LogP contribution in [0.25, 0.3) is 0 Å². The summed E-state index contributed by atoms with van der Waals surface area (Å²) in [5.74, 6) is 1.65. The van der Waals surface area contributed by atoms with Crippen LogP contribution in [-0.4, -0.2) is 44.0 Å². The minimum Gasteiger partial charge on any atom is -0.508 e. The summed E-state index contributed by atoms with van der Waals surface area (Å²) in [5, 5.41) is 16.7. The number of aliphatic imine (C=N–C) groups is 1. The molecule has 0 bridgehead atoms. The van der Waals surface area contributed by atoms with E-state index in [0.717, 1.165) is 12.0 Å². The zero-order valence-electron chi connectivity index (χ0n) is 15.4. The summed E-state index contributed by atoms with van der Waals surface area (Å²) < 4.78 is 10.9. The fourth-order valence-electron chi connectivity index (χ4n) is 3.09. The average molecular weight is 335 g/mol. The Morgan fingerprint density at radius 2 is 2.04 bits per heavy atom. The maximum absolute atomic E-state index is 9.97. The van der Waals surface area contributed by atoms with Crippen LogP contribution in [0.5, 0.6) is 11.5 Å². The predicted octanol–water partition coefficient (Wildman–Crippen LogP) is 2.27. The van der Waals surface area contributed by atoms with Crippen LogP contribution in [0.1, 0.15) is 32.8 Å². The van der Waals surface area contributed by atoms with Gasteiger partial charge >= 0.3 is 0 Å². The molecule has 0 heterocycles. The first-order valence-corrected chi connectivity index (χ1v) is 8.15. The maximum Gasteiger partial charge on any atom is 0.191 e. The van der Waals surface area contributed by atoms with Gasteiger partial charge < -0.3 is 25.2 Å². The minimum absolute atomic E-state index is 0.00250. The SMILES string of the molecule is CN=C(NCc1cc(OC)ccc1O)NC1CC(C)(OC)C1(C)C. The van der Waals surface area contributed by atoms with Gasteiger partial charge in [-0.25, -0.2) is 0 Å².